The first-order chi connectivity index (χ1) is 16.0. The van der Waals surface area contributed by atoms with Gasteiger partial charge in [0.2, 0.25) is 5.82 Å². The second-order valence-corrected chi connectivity index (χ2v) is 8.35. The predicted molar refractivity (Wildman–Crippen MR) is 126 cm³/mol. The summed E-state index contributed by atoms with van der Waals surface area (Å²) >= 11 is 11.8. The number of nitrogens with one attached hydrogen (secondary N) is 1. The third-order valence-corrected chi connectivity index (χ3v) is 6.04. The van der Waals surface area contributed by atoms with Gasteiger partial charge in [-0.3, -0.25) is 0 Å². The molecule has 2 aromatic heterocycles. The van der Waals surface area contributed by atoms with Gasteiger partial charge in [-0.2, -0.15) is 4.98 Å². The third-order valence-electron chi connectivity index (χ3n) is 5.45. The fraction of sp³-hybridized carbons (Fsp3) is 0.125. The van der Waals surface area contributed by atoms with Crippen molar-refractivity contribution < 1.29 is 13.3 Å². The zero-order valence-corrected chi connectivity index (χ0v) is 19.0. The maximum absolute atomic E-state index is 13.3. The van der Waals surface area contributed by atoms with Crippen molar-refractivity contribution in [2.75, 3.05) is 0 Å². The minimum absolute atomic E-state index is 0.330. The fourth-order valence-corrected chi connectivity index (χ4v) is 4.21. The molecule has 0 saturated carbocycles. The molecule has 166 valence electrons. The summed E-state index contributed by atoms with van der Waals surface area (Å²) in [4.78, 5) is 6.54. The zero-order valence-electron chi connectivity index (χ0n) is 17.5. The normalized spacial score (nSPS) is 16.3. The molecule has 0 spiro atoms. The van der Waals surface area contributed by atoms with Crippen molar-refractivity contribution >= 4 is 34.5 Å². The van der Waals surface area contributed by atoms with E-state index in [9.17, 15) is 4.39 Å². The van der Waals surface area contributed by atoms with Gasteiger partial charge in [-0.25, -0.2) is 4.39 Å². The van der Waals surface area contributed by atoms with Crippen molar-refractivity contribution in [2.24, 2.45) is 0 Å². The van der Waals surface area contributed by atoms with Gasteiger partial charge in [0.15, 0.2) is 5.11 Å². The summed E-state index contributed by atoms with van der Waals surface area (Å²) in [5.41, 5.74) is 3.22. The second-order valence-electron chi connectivity index (χ2n) is 7.53. The SMILES string of the molecule is CC1=C(c2nc(-c3ccc(F)cc3)no2)C(c2ccc(Cl)cc2)NC(=S)N1Cc1ccco1. The van der Waals surface area contributed by atoms with Gasteiger partial charge in [-0.15, -0.1) is 0 Å². The number of rotatable bonds is 5. The summed E-state index contributed by atoms with van der Waals surface area (Å²) in [6, 6.07) is 16.8. The van der Waals surface area contributed by atoms with Crippen LogP contribution in [0.5, 0.6) is 0 Å². The van der Waals surface area contributed by atoms with Crippen molar-refractivity contribution in [1.82, 2.24) is 20.4 Å². The van der Waals surface area contributed by atoms with Crippen LogP contribution in [0.2, 0.25) is 5.02 Å². The number of benzene rings is 2. The van der Waals surface area contributed by atoms with E-state index in [0.717, 1.165) is 22.6 Å². The summed E-state index contributed by atoms with van der Waals surface area (Å²) in [5, 5.41) is 8.70. The standard InChI is InChI=1S/C24H18ClFN4O2S/c1-14-20(23-28-22(29-32-23)16-6-10-18(26)11-7-16)21(15-4-8-17(25)9-5-15)27-24(33)30(14)13-19-3-2-12-31-19/h2-12,21H,13H2,1H3,(H,27,33). The Morgan fingerprint density at radius 1 is 1.12 bits per heavy atom. The van der Waals surface area contributed by atoms with Gasteiger partial charge >= 0.3 is 0 Å². The fourth-order valence-electron chi connectivity index (χ4n) is 3.76. The molecule has 1 unspecified atom stereocenters. The number of halogens is 2. The molecule has 0 fully saturated rings. The van der Waals surface area contributed by atoms with Crippen LogP contribution < -0.4 is 5.32 Å². The minimum Gasteiger partial charge on any atom is -0.467 e. The molecular formula is C24H18ClFN4O2S. The van der Waals surface area contributed by atoms with Crippen LogP contribution in [-0.4, -0.2) is 20.2 Å². The Hall–Kier alpha value is -3.49. The number of thiocarbonyl (C=S) groups is 1. The largest absolute Gasteiger partial charge is 0.467 e. The molecule has 9 heteroatoms. The van der Waals surface area contributed by atoms with Crippen molar-refractivity contribution in [1.29, 1.82) is 0 Å². The van der Waals surface area contributed by atoms with Crippen molar-refractivity contribution in [3.8, 4) is 11.4 Å². The molecule has 0 amide bonds. The lowest BCUT2D eigenvalue weighted by Crippen LogP contribution is -2.45. The summed E-state index contributed by atoms with van der Waals surface area (Å²) in [6.07, 6.45) is 1.62. The van der Waals surface area contributed by atoms with Gasteiger partial charge in [0.05, 0.1) is 24.4 Å². The van der Waals surface area contributed by atoms with Gasteiger partial charge in [0.25, 0.3) is 5.89 Å². The maximum atomic E-state index is 13.3. The number of hydrogen-bond donors (Lipinski definition) is 1. The maximum Gasteiger partial charge on any atom is 0.258 e. The summed E-state index contributed by atoms with van der Waals surface area (Å²) < 4.78 is 24.5. The Balaban J connectivity index is 1.59. The molecule has 0 saturated heterocycles. The summed E-state index contributed by atoms with van der Waals surface area (Å²) in [6.45, 7) is 2.40. The monoisotopic (exact) mass is 480 g/mol. The third kappa shape index (κ3) is 4.27. The van der Waals surface area contributed by atoms with Crippen LogP contribution in [0.15, 0.2) is 81.6 Å². The van der Waals surface area contributed by atoms with Gasteiger partial charge in [0, 0.05) is 16.3 Å². The Kier molecular flexibility index (Phi) is 5.70. The Morgan fingerprint density at radius 2 is 1.88 bits per heavy atom. The molecular weight excluding hydrogens is 463 g/mol. The smallest absolute Gasteiger partial charge is 0.258 e. The lowest BCUT2D eigenvalue weighted by Gasteiger charge is -2.37. The van der Waals surface area contributed by atoms with Crippen LogP contribution in [0.25, 0.3) is 17.0 Å². The lowest BCUT2D eigenvalue weighted by molar-refractivity contribution is 0.382. The first-order valence-corrected chi connectivity index (χ1v) is 10.9. The number of hydrogen-bond acceptors (Lipinski definition) is 5. The van der Waals surface area contributed by atoms with E-state index in [-0.39, 0.29) is 11.9 Å². The Morgan fingerprint density at radius 3 is 2.58 bits per heavy atom. The van der Waals surface area contributed by atoms with Crippen LogP contribution in [0, 0.1) is 5.82 Å². The quantitative estimate of drug-likeness (QED) is 0.352. The summed E-state index contributed by atoms with van der Waals surface area (Å²) in [5.74, 6) is 1.14. The molecule has 2 aromatic carbocycles. The highest BCUT2D eigenvalue weighted by Gasteiger charge is 2.34. The first-order valence-electron chi connectivity index (χ1n) is 10.2. The summed E-state index contributed by atoms with van der Waals surface area (Å²) in [7, 11) is 0. The van der Waals surface area contributed by atoms with Crippen molar-refractivity contribution in [3.05, 3.63) is 101 Å². The predicted octanol–water partition coefficient (Wildman–Crippen LogP) is 5.98. The van der Waals surface area contributed by atoms with Crippen molar-refractivity contribution in [3.63, 3.8) is 0 Å². The van der Waals surface area contributed by atoms with E-state index in [0.29, 0.717) is 34.0 Å². The zero-order chi connectivity index (χ0) is 22.9. The average Bonchev–Trinajstić information content (AvgIpc) is 3.50. The molecule has 1 aliphatic rings. The first kappa shape index (κ1) is 21.4. The van der Waals surface area contributed by atoms with Crippen LogP contribution >= 0.6 is 23.8 Å². The molecule has 4 aromatic rings. The van der Waals surface area contributed by atoms with Gasteiger partial charge < -0.3 is 19.2 Å². The van der Waals surface area contributed by atoms with E-state index in [1.54, 1.807) is 18.4 Å². The van der Waals surface area contributed by atoms with E-state index < -0.39 is 0 Å². The second kappa shape index (κ2) is 8.80. The van der Waals surface area contributed by atoms with E-state index in [1.165, 1.54) is 12.1 Å². The topological polar surface area (TPSA) is 67.3 Å². The average molecular weight is 481 g/mol. The molecule has 0 bridgehead atoms. The molecule has 5 rings (SSSR count). The van der Waals surface area contributed by atoms with E-state index in [4.69, 9.17) is 32.8 Å². The Labute approximate surface area is 199 Å². The number of allylic oxidation sites excluding steroid dienone is 1. The molecule has 0 aliphatic carbocycles. The van der Waals surface area contributed by atoms with Crippen LogP contribution in [0.1, 0.15) is 30.2 Å². The van der Waals surface area contributed by atoms with E-state index in [2.05, 4.69) is 15.5 Å². The highest BCUT2D eigenvalue weighted by Crippen LogP contribution is 2.38. The van der Waals surface area contributed by atoms with Crippen LogP contribution in [0.3, 0.4) is 0 Å². The molecule has 3 heterocycles. The van der Waals surface area contributed by atoms with E-state index >= 15 is 0 Å². The van der Waals surface area contributed by atoms with Crippen molar-refractivity contribution in [2.45, 2.75) is 19.5 Å². The number of furan rings is 1. The molecule has 1 N–H and O–H groups in total. The lowest BCUT2D eigenvalue weighted by atomic mass is 9.95. The van der Waals surface area contributed by atoms with E-state index in [1.807, 2.05) is 48.2 Å². The van der Waals surface area contributed by atoms with Gasteiger partial charge in [-0.05, 0) is 73.2 Å². The Bertz CT molecular complexity index is 1320. The van der Waals surface area contributed by atoms with Gasteiger partial charge in [-0.1, -0.05) is 28.9 Å². The number of nitrogens with zero attached hydrogens (tertiary/aromatic N) is 3. The molecule has 33 heavy (non-hydrogen) atoms. The minimum atomic E-state index is -0.331. The van der Waals surface area contributed by atoms with Crippen LogP contribution in [0.4, 0.5) is 4.39 Å². The molecule has 1 atom stereocenters. The van der Waals surface area contributed by atoms with Gasteiger partial charge in [0.1, 0.15) is 11.6 Å². The molecule has 1 aliphatic heterocycles. The van der Waals surface area contributed by atoms with Crippen LogP contribution in [-0.2, 0) is 6.54 Å². The highest BCUT2D eigenvalue weighted by atomic mass is 35.5. The molecule has 6 nitrogen and oxygen atoms in total. The number of aromatic nitrogens is 2. The molecule has 0 radical (unpaired) electrons. The highest BCUT2D eigenvalue weighted by molar-refractivity contribution is 7.80.